The molecule has 57 heavy (non-hydrogen) atoms. The zero-order chi connectivity index (χ0) is 37.5. The molecule has 0 saturated carbocycles. The minimum Gasteiger partial charge on any atom is -0.255 e. The third-order valence-electron chi connectivity index (χ3n) is 12.6. The maximum absolute atomic E-state index is 4.96. The third kappa shape index (κ3) is 4.77. The first-order valence-electron chi connectivity index (χ1n) is 19.9. The van der Waals surface area contributed by atoms with Gasteiger partial charge >= 0.3 is 0 Å². The Morgan fingerprint density at radius 3 is 1.91 bits per heavy atom. The van der Waals surface area contributed by atoms with Crippen LogP contribution in [-0.2, 0) is 5.41 Å². The second kappa shape index (κ2) is 12.4. The number of allylic oxidation sites excluding steroid dienone is 4. The molecule has 0 aliphatic heterocycles. The van der Waals surface area contributed by atoms with Crippen LogP contribution in [0.15, 0.2) is 200 Å². The Hall–Kier alpha value is -7.16. The Labute approximate surface area is 332 Å². The molecule has 2 aromatic heterocycles. The predicted molar refractivity (Wildman–Crippen MR) is 236 cm³/mol. The molecule has 7 aromatic carbocycles. The zero-order valence-corrected chi connectivity index (χ0v) is 31.3. The minimum atomic E-state index is -0.302. The predicted octanol–water partition coefficient (Wildman–Crippen LogP) is 13.9. The van der Waals surface area contributed by atoms with Gasteiger partial charge < -0.3 is 0 Å². The summed E-state index contributed by atoms with van der Waals surface area (Å²) in [5, 5.41) is 3.61. The summed E-state index contributed by atoms with van der Waals surface area (Å²) in [4.78, 5) is 9.55. The molecule has 3 aliphatic rings. The SMILES string of the molecule is C1=CC2=C(CC1)c1ccccc1C21c2ccccc2-c2ccc(-c3ccc4ccc(-c5ccc(-c6cc(-c7ccccn7)nc7ccccc67)cc5)cc4c3)cc21. The first-order chi connectivity index (χ1) is 28.2. The summed E-state index contributed by atoms with van der Waals surface area (Å²) in [6, 6.07) is 64.7. The number of hydrogen-bond acceptors (Lipinski definition) is 2. The van der Waals surface area contributed by atoms with Crippen molar-refractivity contribution >= 4 is 27.2 Å². The minimum absolute atomic E-state index is 0.302. The molecule has 12 rings (SSSR count). The highest BCUT2D eigenvalue weighted by molar-refractivity contribution is 5.99. The Bertz CT molecular complexity index is 3170. The van der Waals surface area contributed by atoms with E-state index in [9.17, 15) is 0 Å². The van der Waals surface area contributed by atoms with E-state index in [1.807, 2.05) is 30.5 Å². The lowest BCUT2D eigenvalue weighted by Crippen LogP contribution is -2.27. The normalized spacial score (nSPS) is 16.2. The van der Waals surface area contributed by atoms with E-state index in [4.69, 9.17) is 4.98 Å². The van der Waals surface area contributed by atoms with Crippen LogP contribution < -0.4 is 0 Å². The molecule has 3 aliphatic carbocycles. The Kier molecular flexibility index (Phi) is 7.00. The van der Waals surface area contributed by atoms with Gasteiger partial charge in [0.1, 0.15) is 0 Å². The van der Waals surface area contributed by atoms with E-state index in [1.54, 1.807) is 0 Å². The molecular formula is C55H36N2. The summed E-state index contributed by atoms with van der Waals surface area (Å²) < 4.78 is 0. The molecule has 0 bridgehead atoms. The molecule has 1 atom stereocenters. The van der Waals surface area contributed by atoms with Gasteiger partial charge in [-0.3, -0.25) is 4.98 Å². The summed E-state index contributed by atoms with van der Waals surface area (Å²) in [5.41, 5.74) is 20.9. The average molecular weight is 725 g/mol. The smallest absolute Gasteiger partial charge is 0.0900 e. The lowest BCUT2D eigenvalue weighted by atomic mass is 9.69. The van der Waals surface area contributed by atoms with Crippen LogP contribution in [-0.4, -0.2) is 9.97 Å². The molecule has 0 amide bonds. The molecule has 0 fully saturated rings. The van der Waals surface area contributed by atoms with Crippen LogP contribution in [0.4, 0.5) is 0 Å². The first-order valence-corrected chi connectivity index (χ1v) is 19.9. The van der Waals surface area contributed by atoms with Crippen LogP contribution in [0.3, 0.4) is 0 Å². The van der Waals surface area contributed by atoms with Gasteiger partial charge in [-0.1, -0.05) is 146 Å². The summed E-state index contributed by atoms with van der Waals surface area (Å²) in [5.74, 6) is 0. The third-order valence-corrected chi connectivity index (χ3v) is 12.6. The Morgan fingerprint density at radius 2 is 1.09 bits per heavy atom. The Balaban J connectivity index is 0.937. The topological polar surface area (TPSA) is 25.8 Å². The number of pyridine rings is 2. The van der Waals surface area contributed by atoms with Crippen molar-refractivity contribution in [1.29, 1.82) is 0 Å². The fourth-order valence-electron chi connectivity index (χ4n) is 10.1. The number of hydrogen-bond donors (Lipinski definition) is 0. The molecule has 0 radical (unpaired) electrons. The van der Waals surface area contributed by atoms with Gasteiger partial charge in [0.15, 0.2) is 0 Å². The molecule has 266 valence electrons. The van der Waals surface area contributed by atoms with Crippen molar-refractivity contribution in [2.75, 3.05) is 0 Å². The second-order valence-electron chi connectivity index (χ2n) is 15.6. The van der Waals surface area contributed by atoms with E-state index < -0.39 is 0 Å². The first kappa shape index (κ1) is 32.1. The highest BCUT2D eigenvalue weighted by Gasteiger charge is 2.52. The number of para-hydroxylation sites is 1. The van der Waals surface area contributed by atoms with Gasteiger partial charge in [0.05, 0.1) is 22.3 Å². The summed E-state index contributed by atoms with van der Waals surface area (Å²) in [6.45, 7) is 0. The van der Waals surface area contributed by atoms with Crippen LogP contribution in [0.1, 0.15) is 35.1 Å². The maximum atomic E-state index is 4.96. The van der Waals surface area contributed by atoms with E-state index in [0.29, 0.717) is 0 Å². The number of rotatable bonds is 4. The number of nitrogens with zero attached hydrogens (tertiary/aromatic N) is 2. The van der Waals surface area contributed by atoms with Crippen LogP contribution in [0, 0.1) is 0 Å². The monoisotopic (exact) mass is 724 g/mol. The Morgan fingerprint density at radius 1 is 0.439 bits per heavy atom. The van der Waals surface area contributed by atoms with Crippen LogP contribution >= 0.6 is 0 Å². The van der Waals surface area contributed by atoms with Gasteiger partial charge in [-0.25, -0.2) is 4.98 Å². The second-order valence-corrected chi connectivity index (χ2v) is 15.6. The molecule has 0 saturated heterocycles. The van der Waals surface area contributed by atoms with Crippen molar-refractivity contribution in [3.63, 3.8) is 0 Å². The van der Waals surface area contributed by atoms with Gasteiger partial charge in [-0.05, 0) is 144 Å². The molecule has 2 heteroatoms. The number of fused-ring (bicyclic) bond motifs is 11. The van der Waals surface area contributed by atoms with E-state index in [-0.39, 0.29) is 5.41 Å². The lowest BCUT2D eigenvalue weighted by Gasteiger charge is -2.32. The number of benzene rings is 7. The zero-order valence-electron chi connectivity index (χ0n) is 31.3. The fourth-order valence-corrected chi connectivity index (χ4v) is 10.1. The van der Waals surface area contributed by atoms with Gasteiger partial charge in [0.2, 0.25) is 0 Å². The summed E-state index contributed by atoms with van der Waals surface area (Å²) >= 11 is 0. The van der Waals surface area contributed by atoms with Crippen molar-refractivity contribution in [3.8, 4) is 55.9 Å². The van der Waals surface area contributed by atoms with Crippen LogP contribution in [0.5, 0.6) is 0 Å². The molecule has 2 nitrogen and oxygen atoms in total. The van der Waals surface area contributed by atoms with Crippen LogP contribution in [0.25, 0.3) is 83.1 Å². The number of aromatic nitrogens is 2. The lowest BCUT2D eigenvalue weighted by molar-refractivity contribution is 0.781. The molecular weight excluding hydrogens is 689 g/mol. The molecule has 2 heterocycles. The van der Waals surface area contributed by atoms with Crippen molar-refractivity contribution in [3.05, 3.63) is 222 Å². The summed E-state index contributed by atoms with van der Waals surface area (Å²) in [6.07, 6.45) is 8.82. The van der Waals surface area contributed by atoms with Crippen molar-refractivity contribution < 1.29 is 0 Å². The highest BCUT2D eigenvalue weighted by atomic mass is 14.8. The quantitative estimate of drug-likeness (QED) is 0.181. The molecule has 0 N–H and O–H groups in total. The van der Waals surface area contributed by atoms with Crippen molar-refractivity contribution in [2.24, 2.45) is 0 Å². The summed E-state index contributed by atoms with van der Waals surface area (Å²) in [7, 11) is 0. The van der Waals surface area contributed by atoms with E-state index in [1.165, 1.54) is 77.6 Å². The standard InChI is InChI=1S/C55H36N2/c1-5-15-48-42(11-1)43-12-2-6-16-49(43)55(48)50-17-7-3-13-44(50)45-29-28-40(33-51(45)55)39-27-23-36-22-26-38(31-41(36)32-39)35-20-24-37(25-21-35)47-34-54(53-19-9-10-30-56-53)57-52-18-8-4-14-46(47)52/h1,3-11,13-34H,2,12H2. The van der Waals surface area contributed by atoms with Crippen molar-refractivity contribution in [2.45, 2.75) is 18.3 Å². The van der Waals surface area contributed by atoms with Gasteiger partial charge in [0.25, 0.3) is 0 Å². The molecule has 1 unspecified atom stereocenters. The van der Waals surface area contributed by atoms with Crippen molar-refractivity contribution in [1.82, 2.24) is 9.97 Å². The largest absolute Gasteiger partial charge is 0.255 e. The van der Waals surface area contributed by atoms with E-state index in [0.717, 1.165) is 46.3 Å². The van der Waals surface area contributed by atoms with Gasteiger partial charge in [-0.2, -0.15) is 0 Å². The maximum Gasteiger partial charge on any atom is 0.0900 e. The molecule has 1 spiro atoms. The fraction of sp³-hybridized carbons (Fsp3) is 0.0545. The van der Waals surface area contributed by atoms with E-state index in [2.05, 4.69) is 169 Å². The van der Waals surface area contributed by atoms with Gasteiger partial charge in [0, 0.05) is 11.6 Å². The molecule has 9 aromatic rings. The van der Waals surface area contributed by atoms with E-state index >= 15 is 0 Å². The highest BCUT2D eigenvalue weighted by Crippen LogP contribution is 2.63. The van der Waals surface area contributed by atoms with Gasteiger partial charge in [-0.15, -0.1) is 0 Å². The van der Waals surface area contributed by atoms with Crippen LogP contribution in [0.2, 0.25) is 0 Å². The average Bonchev–Trinajstić information content (AvgIpc) is 3.76.